The number of aromatic nitrogens is 1. The molecule has 0 spiro atoms. The maximum Gasteiger partial charge on any atom is 0.410 e. The molecule has 1 N–H and O–H groups in total. The Balaban J connectivity index is 1.49. The largest absolute Gasteiger partial charge is 0.445 e. The first kappa shape index (κ1) is 20.0. The van der Waals surface area contributed by atoms with Crippen LogP contribution in [0.5, 0.6) is 0 Å². The number of carbonyl (C=O) groups excluding carboxylic acids is 1. The van der Waals surface area contributed by atoms with E-state index >= 15 is 0 Å². The van der Waals surface area contributed by atoms with Crippen LogP contribution in [0.25, 0.3) is 0 Å². The van der Waals surface area contributed by atoms with Gasteiger partial charge in [0.25, 0.3) is 5.92 Å². The number of piperidine rings is 1. The van der Waals surface area contributed by atoms with Crippen LogP contribution in [0, 0.1) is 19.8 Å². The number of ether oxygens (including phenoxy) is 1. The lowest BCUT2D eigenvalue weighted by molar-refractivity contribution is -0.101. The number of likely N-dealkylation sites (tertiary alicyclic amines) is 1. The fraction of sp³-hybridized carbons (Fsp3) is 0.429. The summed E-state index contributed by atoms with van der Waals surface area (Å²) in [6.45, 7) is 3.67. The molecule has 1 atom stereocenters. The molecule has 0 bridgehead atoms. The quantitative estimate of drug-likeness (QED) is 0.823. The Hall–Kier alpha value is -2.70. The molecule has 3 rings (SSSR count). The predicted molar refractivity (Wildman–Crippen MR) is 103 cm³/mol. The van der Waals surface area contributed by atoms with Gasteiger partial charge in [0.1, 0.15) is 12.4 Å². The van der Waals surface area contributed by atoms with Gasteiger partial charge in [0.15, 0.2) is 0 Å². The van der Waals surface area contributed by atoms with E-state index in [0.29, 0.717) is 5.82 Å². The van der Waals surface area contributed by atoms with E-state index < -0.39 is 24.5 Å². The molecule has 1 aliphatic rings. The molecule has 1 amide bonds. The normalized spacial score (nSPS) is 18.6. The summed E-state index contributed by atoms with van der Waals surface area (Å²) in [4.78, 5) is 17.5. The number of pyridine rings is 1. The molecule has 2 heterocycles. The first-order valence-corrected chi connectivity index (χ1v) is 9.35. The van der Waals surface area contributed by atoms with Gasteiger partial charge >= 0.3 is 6.09 Å². The zero-order chi connectivity index (χ0) is 20.1. The van der Waals surface area contributed by atoms with Crippen LogP contribution < -0.4 is 5.32 Å². The van der Waals surface area contributed by atoms with Crippen molar-refractivity contribution in [3.63, 3.8) is 0 Å². The van der Waals surface area contributed by atoms with Gasteiger partial charge in [-0.2, -0.15) is 0 Å². The number of nitrogens with zero attached hydrogens (tertiary/aromatic N) is 2. The number of aryl methyl sites for hydroxylation is 2. The van der Waals surface area contributed by atoms with E-state index in [-0.39, 0.29) is 26.1 Å². The molecule has 0 saturated carbocycles. The number of alkyl halides is 2. The van der Waals surface area contributed by atoms with Crippen LogP contribution in [0.2, 0.25) is 0 Å². The Bertz CT molecular complexity index is 794. The number of carbonyl (C=O) groups is 1. The summed E-state index contributed by atoms with van der Waals surface area (Å²) in [7, 11) is 0. The summed E-state index contributed by atoms with van der Waals surface area (Å²) in [5.74, 6) is -3.28. The minimum atomic E-state index is -2.99. The van der Waals surface area contributed by atoms with Gasteiger partial charge in [0.05, 0.1) is 6.54 Å². The monoisotopic (exact) mass is 389 g/mol. The molecule has 0 radical (unpaired) electrons. The fourth-order valence-electron chi connectivity index (χ4n) is 3.11. The van der Waals surface area contributed by atoms with E-state index in [0.717, 1.165) is 21.6 Å². The highest BCUT2D eigenvalue weighted by atomic mass is 19.3. The molecule has 0 unspecified atom stereocenters. The van der Waals surface area contributed by atoms with Crippen molar-refractivity contribution in [2.24, 2.45) is 5.92 Å². The summed E-state index contributed by atoms with van der Waals surface area (Å²) in [5.41, 5.74) is 2.94. The van der Waals surface area contributed by atoms with E-state index in [2.05, 4.69) is 10.3 Å². The average molecular weight is 389 g/mol. The lowest BCUT2D eigenvalue weighted by Crippen LogP contribution is -2.52. The van der Waals surface area contributed by atoms with Gasteiger partial charge in [0.2, 0.25) is 0 Å². The predicted octanol–water partition coefficient (Wildman–Crippen LogP) is 4.40. The van der Waals surface area contributed by atoms with Crippen LogP contribution in [-0.4, -0.2) is 41.5 Å². The average Bonchev–Trinajstić information content (AvgIpc) is 2.67. The second kappa shape index (κ2) is 8.54. The van der Waals surface area contributed by atoms with Crippen LogP contribution in [0.4, 0.5) is 19.4 Å². The summed E-state index contributed by atoms with van der Waals surface area (Å²) in [6.07, 6.45) is 1.19. The van der Waals surface area contributed by atoms with Crippen molar-refractivity contribution >= 4 is 11.9 Å². The van der Waals surface area contributed by atoms with Crippen LogP contribution in [0.1, 0.15) is 23.1 Å². The maximum absolute atomic E-state index is 14.5. The van der Waals surface area contributed by atoms with Crippen LogP contribution in [0.15, 0.2) is 42.6 Å². The lowest BCUT2D eigenvalue weighted by Gasteiger charge is -2.37. The van der Waals surface area contributed by atoms with E-state index in [1.54, 1.807) is 12.3 Å². The van der Waals surface area contributed by atoms with Crippen molar-refractivity contribution in [2.75, 3.05) is 25.0 Å². The molecule has 1 aliphatic heterocycles. The lowest BCUT2D eigenvalue weighted by atomic mass is 9.93. The molecule has 2 aromatic rings. The highest BCUT2D eigenvalue weighted by molar-refractivity contribution is 5.68. The molecular formula is C21H25F2N3O2. The van der Waals surface area contributed by atoms with Gasteiger partial charge < -0.3 is 15.0 Å². The van der Waals surface area contributed by atoms with Crippen molar-refractivity contribution in [1.29, 1.82) is 0 Å². The van der Waals surface area contributed by atoms with Crippen LogP contribution in [-0.2, 0) is 11.3 Å². The summed E-state index contributed by atoms with van der Waals surface area (Å²) in [6, 6.07) is 11.2. The highest BCUT2D eigenvalue weighted by Crippen LogP contribution is 2.33. The third kappa shape index (κ3) is 5.18. The molecular weight excluding hydrogens is 364 g/mol. The van der Waals surface area contributed by atoms with E-state index in [1.807, 2.05) is 44.2 Å². The second-order valence-corrected chi connectivity index (χ2v) is 7.31. The summed E-state index contributed by atoms with van der Waals surface area (Å²) in [5, 5.41) is 2.97. The second-order valence-electron chi connectivity index (χ2n) is 7.31. The minimum Gasteiger partial charge on any atom is -0.445 e. The number of nitrogens with one attached hydrogen (secondary N) is 1. The standard InChI is InChI=1S/C21H25F2N3O2/c1-15-3-6-17(7-4-15)13-28-20(27)26-10-9-18(21(22,23)14-26)12-25-19-8-5-16(2)11-24-19/h3-8,11,18H,9-10,12-14H2,1-2H3,(H,24,25)/t18-/m1/s1. The van der Waals surface area contributed by atoms with Crippen molar-refractivity contribution < 1.29 is 18.3 Å². The third-order valence-electron chi connectivity index (χ3n) is 4.93. The van der Waals surface area contributed by atoms with Crippen molar-refractivity contribution in [1.82, 2.24) is 9.88 Å². The molecule has 1 aromatic carbocycles. The number of rotatable bonds is 5. The Morgan fingerprint density at radius 1 is 1.21 bits per heavy atom. The topological polar surface area (TPSA) is 54.5 Å². The van der Waals surface area contributed by atoms with Gasteiger partial charge in [-0.1, -0.05) is 35.9 Å². The first-order chi connectivity index (χ1) is 13.3. The van der Waals surface area contributed by atoms with Gasteiger partial charge in [0, 0.05) is 25.2 Å². The molecule has 150 valence electrons. The van der Waals surface area contributed by atoms with Crippen molar-refractivity contribution in [2.45, 2.75) is 32.8 Å². The van der Waals surface area contributed by atoms with Crippen molar-refractivity contribution in [3.05, 3.63) is 59.3 Å². The third-order valence-corrected chi connectivity index (χ3v) is 4.93. The number of benzene rings is 1. The Kier molecular flexibility index (Phi) is 6.11. The Labute approximate surface area is 163 Å². The Morgan fingerprint density at radius 3 is 2.57 bits per heavy atom. The first-order valence-electron chi connectivity index (χ1n) is 9.35. The number of anilines is 1. The molecule has 1 saturated heterocycles. The zero-order valence-corrected chi connectivity index (χ0v) is 16.1. The Morgan fingerprint density at radius 2 is 1.93 bits per heavy atom. The molecule has 28 heavy (non-hydrogen) atoms. The van der Waals surface area contributed by atoms with Gasteiger partial charge in [-0.05, 0) is 37.5 Å². The highest BCUT2D eigenvalue weighted by Gasteiger charge is 2.46. The van der Waals surface area contributed by atoms with Crippen LogP contribution in [0.3, 0.4) is 0 Å². The van der Waals surface area contributed by atoms with Gasteiger partial charge in [-0.3, -0.25) is 0 Å². The van der Waals surface area contributed by atoms with Gasteiger partial charge in [-0.25, -0.2) is 18.6 Å². The van der Waals surface area contributed by atoms with Crippen LogP contribution >= 0.6 is 0 Å². The van der Waals surface area contributed by atoms with E-state index in [1.165, 1.54) is 0 Å². The van der Waals surface area contributed by atoms with Crippen molar-refractivity contribution in [3.8, 4) is 0 Å². The molecule has 5 nitrogen and oxygen atoms in total. The number of hydrogen-bond donors (Lipinski definition) is 1. The molecule has 1 fully saturated rings. The fourth-order valence-corrected chi connectivity index (χ4v) is 3.11. The SMILES string of the molecule is Cc1ccc(COC(=O)N2CC[C@H](CNc3ccc(C)cn3)C(F)(F)C2)cc1. The molecule has 0 aliphatic carbocycles. The number of halogens is 2. The van der Waals surface area contributed by atoms with E-state index in [9.17, 15) is 13.6 Å². The van der Waals surface area contributed by atoms with E-state index in [4.69, 9.17) is 4.74 Å². The summed E-state index contributed by atoms with van der Waals surface area (Å²) < 4.78 is 34.3. The molecule has 7 heteroatoms. The maximum atomic E-state index is 14.5. The zero-order valence-electron chi connectivity index (χ0n) is 16.1. The smallest absolute Gasteiger partial charge is 0.410 e. The van der Waals surface area contributed by atoms with Gasteiger partial charge in [-0.15, -0.1) is 0 Å². The number of amides is 1. The minimum absolute atomic E-state index is 0.0747. The number of hydrogen-bond acceptors (Lipinski definition) is 4. The molecule has 1 aromatic heterocycles. The summed E-state index contributed by atoms with van der Waals surface area (Å²) >= 11 is 0.